The van der Waals surface area contributed by atoms with E-state index >= 15 is 0 Å². The lowest BCUT2D eigenvalue weighted by molar-refractivity contribution is 0.273. The van der Waals surface area contributed by atoms with E-state index in [1.807, 2.05) is 0 Å². The van der Waals surface area contributed by atoms with E-state index in [1.165, 1.54) is 0 Å². The quantitative estimate of drug-likeness (QED) is 0.485. The van der Waals surface area contributed by atoms with Crippen molar-refractivity contribution >= 4 is 29.3 Å². The number of nitrogens with two attached hydrogens (primary N) is 1. The maximum absolute atomic E-state index is 8.81. The molecule has 0 fully saturated rings. The van der Waals surface area contributed by atoms with Crippen LogP contribution in [0.4, 0.5) is 5.95 Å². The zero-order valence-corrected chi connectivity index (χ0v) is 7.35. The molecule has 2 heterocycles. The lowest BCUT2D eigenvalue weighted by Gasteiger charge is -1.91. The molecule has 5 N–H and O–H groups in total. The molecule has 0 aliphatic carbocycles. The fraction of sp³-hybridized carbons (Fsp3) is 0.167. The van der Waals surface area contributed by atoms with E-state index in [2.05, 4.69) is 19.9 Å². The number of nitrogens with one attached hydrogen (secondary N) is 2. The van der Waals surface area contributed by atoms with Crippen molar-refractivity contribution in [3.8, 4) is 0 Å². The van der Waals surface area contributed by atoms with Crippen molar-refractivity contribution in [3.05, 3.63) is 10.5 Å². The van der Waals surface area contributed by atoms with Crippen LogP contribution in [0.1, 0.15) is 5.82 Å². The van der Waals surface area contributed by atoms with Gasteiger partial charge >= 0.3 is 0 Å². The summed E-state index contributed by atoms with van der Waals surface area (Å²) in [6.45, 7) is -0.169. The molecule has 0 bridgehead atoms. The molecule has 7 heteroatoms. The van der Waals surface area contributed by atoms with Crippen molar-refractivity contribution in [1.82, 2.24) is 19.9 Å². The van der Waals surface area contributed by atoms with Crippen LogP contribution in [-0.4, -0.2) is 25.0 Å². The standard InChI is InChI=1S/C6H7N5OS/c7-6-10-4-3(5(13)11-6)8-2(1-12)9-4/h12H,1H2,(H4,7,8,9,10,11,13). The van der Waals surface area contributed by atoms with Crippen molar-refractivity contribution < 1.29 is 5.11 Å². The number of anilines is 1. The second kappa shape index (κ2) is 2.79. The molecule has 0 aliphatic heterocycles. The molecule has 0 saturated carbocycles. The van der Waals surface area contributed by atoms with E-state index in [0.717, 1.165) is 0 Å². The predicted molar refractivity (Wildman–Crippen MR) is 49.4 cm³/mol. The maximum Gasteiger partial charge on any atom is 0.200 e. The summed E-state index contributed by atoms with van der Waals surface area (Å²) in [5.74, 6) is 0.651. The summed E-state index contributed by atoms with van der Waals surface area (Å²) in [7, 11) is 0. The Morgan fingerprint density at radius 2 is 2.15 bits per heavy atom. The van der Waals surface area contributed by atoms with E-state index in [-0.39, 0.29) is 12.6 Å². The van der Waals surface area contributed by atoms with Crippen LogP contribution < -0.4 is 5.73 Å². The number of nitrogen functional groups attached to an aromatic ring is 1. The number of hydrogen-bond donors (Lipinski definition) is 4. The topological polar surface area (TPSA) is 104 Å². The fourth-order valence-electron chi connectivity index (χ4n) is 1.06. The first-order valence-corrected chi connectivity index (χ1v) is 3.97. The highest BCUT2D eigenvalue weighted by Gasteiger charge is 2.04. The van der Waals surface area contributed by atoms with Gasteiger partial charge in [-0.2, -0.15) is 0 Å². The number of fused-ring (bicyclic) bond motifs is 1. The Labute approximate surface area is 77.8 Å². The van der Waals surface area contributed by atoms with E-state index < -0.39 is 0 Å². The van der Waals surface area contributed by atoms with Gasteiger partial charge in [0, 0.05) is 0 Å². The summed E-state index contributed by atoms with van der Waals surface area (Å²) in [5, 5.41) is 8.81. The minimum absolute atomic E-state index is 0.169. The minimum atomic E-state index is -0.169. The molecular weight excluding hydrogens is 190 g/mol. The van der Waals surface area contributed by atoms with Gasteiger partial charge in [0.05, 0.1) is 0 Å². The lowest BCUT2D eigenvalue weighted by atomic mass is 10.6. The number of rotatable bonds is 1. The molecule has 2 rings (SSSR count). The Balaban J connectivity index is 2.83. The van der Waals surface area contributed by atoms with E-state index in [9.17, 15) is 0 Å². The third-order valence-corrected chi connectivity index (χ3v) is 1.88. The first-order chi connectivity index (χ1) is 6.20. The van der Waals surface area contributed by atoms with Crippen LogP contribution in [-0.2, 0) is 6.61 Å². The van der Waals surface area contributed by atoms with Crippen LogP contribution in [0, 0.1) is 4.64 Å². The second-order valence-electron chi connectivity index (χ2n) is 2.49. The molecule has 0 unspecified atom stereocenters. The van der Waals surface area contributed by atoms with Gasteiger partial charge in [-0.3, -0.25) is 0 Å². The summed E-state index contributed by atoms with van der Waals surface area (Å²) in [5.41, 5.74) is 6.53. The Bertz CT molecular complexity index is 501. The summed E-state index contributed by atoms with van der Waals surface area (Å²) >= 11 is 4.94. The number of aliphatic hydroxyl groups is 1. The molecule has 0 saturated heterocycles. The van der Waals surface area contributed by atoms with E-state index in [4.69, 9.17) is 23.1 Å². The molecule has 68 valence electrons. The maximum atomic E-state index is 8.81. The number of aromatic amines is 2. The molecule has 0 aromatic carbocycles. The lowest BCUT2D eigenvalue weighted by Crippen LogP contribution is -1.94. The first kappa shape index (κ1) is 8.14. The molecular formula is C6H7N5OS. The Morgan fingerprint density at radius 3 is 2.85 bits per heavy atom. The number of imidazole rings is 1. The van der Waals surface area contributed by atoms with Gasteiger partial charge < -0.3 is 20.8 Å². The molecule has 0 amide bonds. The van der Waals surface area contributed by atoms with Crippen molar-refractivity contribution in [2.45, 2.75) is 6.61 Å². The molecule has 0 aliphatic rings. The summed E-state index contributed by atoms with van der Waals surface area (Å²) < 4.78 is 0.346. The van der Waals surface area contributed by atoms with Gasteiger partial charge in [-0.25, -0.2) is 9.97 Å². The van der Waals surface area contributed by atoms with Crippen LogP contribution in [0.5, 0.6) is 0 Å². The Kier molecular flexibility index (Phi) is 1.74. The van der Waals surface area contributed by atoms with Crippen LogP contribution in [0.3, 0.4) is 0 Å². The van der Waals surface area contributed by atoms with Crippen LogP contribution in [0.15, 0.2) is 0 Å². The molecule has 0 radical (unpaired) electrons. The number of aromatic nitrogens is 4. The fourth-order valence-corrected chi connectivity index (χ4v) is 1.30. The predicted octanol–water partition coefficient (Wildman–Crippen LogP) is 0.0900. The monoisotopic (exact) mass is 197 g/mol. The number of nitrogens with zero attached hydrogens (tertiary/aromatic N) is 2. The van der Waals surface area contributed by atoms with Crippen LogP contribution in [0.25, 0.3) is 11.2 Å². The van der Waals surface area contributed by atoms with E-state index in [0.29, 0.717) is 21.6 Å². The largest absolute Gasteiger partial charge is 0.388 e. The van der Waals surface area contributed by atoms with Crippen molar-refractivity contribution in [2.75, 3.05) is 5.73 Å². The van der Waals surface area contributed by atoms with Gasteiger partial charge in [0.1, 0.15) is 17.9 Å². The van der Waals surface area contributed by atoms with Gasteiger partial charge in [0.15, 0.2) is 10.3 Å². The van der Waals surface area contributed by atoms with Crippen LogP contribution in [0.2, 0.25) is 0 Å². The van der Waals surface area contributed by atoms with Gasteiger partial charge in [-0.15, -0.1) is 0 Å². The van der Waals surface area contributed by atoms with Crippen molar-refractivity contribution in [1.29, 1.82) is 0 Å². The molecule has 6 nitrogen and oxygen atoms in total. The highest BCUT2D eigenvalue weighted by molar-refractivity contribution is 7.71. The molecule has 0 atom stereocenters. The number of hydrogen-bond acceptors (Lipinski definition) is 5. The van der Waals surface area contributed by atoms with Gasteiger partial charge in [-0.05, 0) is 0 Å². The summed E-state index contributed by atoms with van der Waals surface area (Å²) in [4.78, 5) is 13.4. The average molecular weight is 197 g/mol. The van der Waals surface area contributed by atoms with Crippen molar-refractivity contribution in [3.63, 3.8) is 0 Å². The van der Waals surface area contributed by atoms with Gasteiger partial charge in [-0.1, -0.05) is 12.2 Å². The summed E-state index contributed by atoms with van der Waals surface area (Å²) in [6.07, 6.45) is 0. The first-order valence-electron chi connectivity index (χ1n) is 3.56. The molecule has 2 aromatic heterocycles. The van der Waals surface area contributed by atoms with Crippen LogP contribution >= 0.6 is 12.2 Å². The average Bonchev–Trinajstić information content (AvgIpc) is 2.47. The van der Waals surface area contributed by atoms with E-state index in [1.54, 1.807) is 0 Å². The SMILES string of the molecule is Nc1nc(=S)c2[nH]c(CO)nc2[nH]1. The molecule has 13 heavy (non-hydrogen) atoms. The normalized spacial score (nSPS) is 10.8. The zero-order chi connectivity index (χ0) is 9.42. The number of aliphatic hydroxyl groups excluding tert-OH is 1. The second-order valence-corrected chi connectivity index (χ2v) is 2.88. The third-order valence-electron chi connectivity index (χ3n) is 1.58. The Morgan fingerprint density at radius 1 is 1.38 bits per heavy atom. The van der Waals surface area contributed by atoms with Crippen molar-refractivity contribution in [2.24, 2.45) is 0 Å². The van der Waals surface area contributed by atoms with Gasteiger partial charge in [0.2, 0.25) is 5.95 Å². The third kappa shape index (κ3) is 1.27. The highest BCUT2D eigenvalue weighted by atomic mass is 32.1. The zero-order valence-electron chi connectivity index (χ0n) is 6.53. The van der Waals surface area contributed by atoms with Gasteiger partial charge in [0.25, 0.3) is 0 Å². The highest BCUT2D eigenvalue weighted by Crippen LogP contribution is 2.10. The molecule has 2 aromatic rings. The summed E-state index contributed by atoms with van der Waals surface area (Å²) in [6, 6.07) is 0. The Hall–Kier alpha value is -1.47. The molecule has 0 spiro atoms. The minimum Gasteiger partial charge on any atom is -0.388 e. The number of H-pyrrole nitrogens is 2. The smallest absolute Gasteiger partial charge is 0.200 e.